The van der Waals surface area contributed by atoms with Gasteiger partial charge in [-0.05, 0) is 48.7 Å². The van der Waals surface area contributed by atoms with Crippen LogP contribution in [0.15, 0.2) is 59.8 Å². The third-order valence-electron chi connectivity index (χ3n) is 6.77. The molecule has 1 saturated heterocycles. The van der Waals surface area contributed by atoms with Crippen molar-refractivity contribution in [3.8, 4) is 0 Å². The Balaban J connectivity index is 1.20. The van der Waals surface area contributed by atoms with Gasteiger partial charge in [0.15, 0.2) is 5.16 Å². The molecule has 0 bridgehead atoms. The van der Waals surface area contributed by atoms with E-state index in [2.05, 4.69) is 27.0 Å². The van der Waals surface area contributed by atoms with Gasteiger partial charge in [-0.15, -0.1) is 0 Å². The predicted molar refractivity (Wildman–Crippen MR) is 142 cm³/mol. The fourth-order valence-corrected chi connectivity index (χ4v) is 5.75. The third kappa shape index (κ3) is 5.88. The zero-order valence-electron chi connectivity index (χ0n) is 20.4. The molecule has 0 N–H and O–H groups in total. The smallest absolute Gasteiger partial charge is 0.254 e. The van der Waals surface area contributed by atoms with Crippen LogP contribution < -0.4 is 4.90 Å². The second-order valence-corrected chi connectivity index (χ2v) is 10.6. The van der Waals surface area contributed by atoms with E-state index in [1.165, 1.54) is 47.2 Å². The second-order valence-electron chi connectivity index (χ2n) is 9.25. The second kappa shape index (κ2) is 11.1. The van der Waals surface area contributed by atoms with E-state index in [1.54, 1.807) is 11.0 Å². The molecule has 2 amide bonds. The number of rotatable bonds is 5. The molecular weight excluding hydrogens is 513 g/mol. The molecule has 0 radical (unpaired) electrons. The van der Waals surface area contributed by atoms with Gasteiger partial charge in [0.2, 0.25) is 5.91 Å². The van der Waals surface area contributed by atoms with Crippen LogP contribution in [0.5, 0.6) is 0 Å². The Morgan fingerprint density at radius 2 is 1.81 bits per heavy atom. The number of hydrogen-bond acceptors (Lipinski definition) is 6. The monoisotopic (exact) mass is 539 g/mol. The van der Waals surface area contributed by atoms with Crippen molar-refractivity contribution in [1.82, 2.24) is 19.8 Å². The number of nitrogens with zero attached hydrogens (tertiary/aromatic N) is 5. The highest BCUT2D eigenvalue weighted by Gasteiger charge is 2.29. The van der Waals surface area contributed by atoms with Crippen LogP contribution in [-0.2, 0) is 17.8 Å². The quantitative estimate of drug-likeness (QED) is 0.274. The molecule has 0 spiro atoms. The Morgan fingerprint density at radius 1 is 1.05 bits per heavy atom. The molecule has 3 heterocycles. The molecule has 0 aliphatic carbocycles. The van der Waals surface area contributed by atoms with Crippen molar-refractivity contribution in [3.63, 3.8) is 0 Å². The van der Waals surface area contributed by atoms with Gasteiger partial charge in [-0.2, -0.15) is 0 Å². The maximum absolute atomic E-state index is 13.2. The van der Waals surface area contributed by atoms with E-state index in [-0.39, 0.29) is 29.4 Å². The summed E-state index contributed by atoms with van der Waals surface area (Å²) in [7, 11) is 0. The Kier molecular flexibility index (Phi) is 7.62. The van der Waals surface area contributed by atoms with Crippen LogP contribution in [0.4, 0.5) is 10.2 Å². The van der Waals surface area contributed by atoms with Crippen molar-refractivity contribution < 1.29 is 14.0 Å². The van der Waals surface area contributed by atoms with E-state index < -0.39 is 0 Å². The molecule has 192 valence electrons. The Bertz CT molecular complexity index is 1310. The van der Waals surface area contributed by atoms with Gasteiger partial charge in [-0.3, -0.25) is 9.59 Å². The molecule has 2 aliphatic rings. The van der Waals surface area contributed by atoms with Gasteiger partial charge < -0.3 is 14.7 Å². The topological polar surface area (TPSA) is 69.6 Å². The number of halogens is 2. The Hall–Kier alpha value is -3.17. The number of benzene rings is 2. The summed E-state index contributed by atoms with van der Waals surface area (Å²) >= 11 is 7.60. The zero-order chi connectivity index (χ0) is 25.9. The van der Waals surface area contributed by atoms with Crippen LogP contribution in [-0.4, -0.2) is 69.6 Å². The van der Waals surface area contributed by atoms with Crippen LogP contribution >= 0.6 is 23.4 Å². The van der Waals surface area contributed by atoms with E-state index in [0.29, 0.717) is 54.4 Å². The van der Waals surface area contributed by atoms with E-state index in [4.69, 9.17) is 11.6 Å². The van der Waals surface area contributed by atoms with E-state index in [1.807, 2.05) is 24.0 Å². The molecule has 5 rings (SSSR count). The summed E-state index contributed by atoms with van der Waals surface area (Å²) in [6, 6.07) is 15.5. The summed E-state index contributed by atoms with van der Waals surface area (Å²) in [5.41, 5.74) is 2.96. The number of carbonyl (C=O) groups excluding carboxylic acids is 2. The third-order valence-corrected chi connectivity index (χ3v) is 7.80. The summed E-state index contributed by atoms with van der Waals surface area (Å²) in [4.78, 5) is 40.5. The molecule has 3 aromatic rings. The lowest BCUT2D eigenvalue weighted by Gasteiger charge is -2.40. The summed E-state index contributed by atoms with van der Waals surface area (Å²) in [6.45, 7) is 4.93. The van der Waals surface area contributed by atoms with Crippen molar-refractivity contribution in [2.24, 2.45) is 0 Å². The van der Waals surface area contributed by atoms with Crippen molar-refractivity contribution in [2.45, 2.75) is 31.1 Å². The fourth-order valence-electron chi connectivity index (χ4n) is 4.76. The number of aromatic nitrogens is 2. The standard InChI is InChI=1S/C27H27ClFN5O2S/c1-18-15-32(12-13-34(18)26(36)20-6-8-22(29)9-7-20)24-14-23(28)30-27(31-24)37-17-25(35)33-11-10-19-4-2-3-5-21(19)16-33/h2-9,14,18H,10-13,15-17H2,1H3. The minimum Gasteiger partial charge on any atom is -0.353 e. The Morgan fingerprint density at radius 3 is 2.57 bits per heavy atom. The van der Waals surface area contributed by atoms with Gasteiger partial charge >= 0.3 is 0 Å². The van der Waals surface area contributed by atoms with Crippen molar-refractivity contribution in [1.29, 1.82) is 0 Å². The maximum Gasteiger partial charge on any atom is 0.254 e. The highest BCUT2D eigenvalue weighted by molar-refractivity contribution is 7.99. The molecule has 37 heavy (non-hydrogen) atoms. The van der Waals surface area contributed by atoms with Gasteiger partial charge in [0, 0.05) is 50.4 Å². The average Bonchev–Trinajstić information content (AvgIpc) is 2.91. The van der Waals surface area contributed by atoms with Gasteiger partial charge in [0.25, 0.3) is 5.91 Å². The highest BCUT2D eigenvalue weighted by atomic mass is 35.5. The van der Waals surface area contributed by atoms with Crippen LogP contribution in [0, 0.1) is 5.82 Å². The van der Waals surface area contributed by atoms with Gasteiger partial charge in [0.1, 0.15) is 16.8 Å². The molecule has 2 aromatic carbocycles. The summed E-state index contributed by atoms with van der Waals surface area (Å²) < 4.78 is 13.2. The lowest BCUT2D eigenvalue weighted by Crippen LogP contribution is -2.54. The SMILES string of the molecule is CC1CN(c2cc(Cl)nc(SCC(=O)N3CCc4ccccc4C3)n2)CCN1C(=O)c1ccc(F)cc1. The first kappa shape index (κ1) is 25.5. The first-order chi connectivity index (χ1) is 17.9. The summed E-state index contributed by atoms with van der Waals surface area (Å²) in [6.07, 6.45) is 0.859. The average molecular weight is 540 g/mol. The lowest BCUT2D eigenvalue weighted by atomic mass is 10.00. The van der Waals surface area contributed by atoms with Crippen LogP contribution in [0.25, 0.3) is 0 Å². The van der Waals surface area contributed by atoms with Crippen molar-refractivity contribution in [3.05, 3.63) is 82.3 Å². The minimum absolute atomic E-state index is 0.0474. The summed E-state index contributed by atoms with van der Waals surface area (Å²) in [5.74, 6) is 0.460. The van der Waals surface area contributed by atoms with Gasteiger partial charge in [0.05, 0.1) is 5.75 Å². The number of carbonyl (C=O) groups is 2. The number of piperazine rings is 1. The molecule has 10 heteroatoms. The van der Waals surface area contributed by atoms with Crippen molar-refractivity contribution in [2.75, 3.05) is 36.8 Å². The molecule has 0 saturated carbocycles. The first-order valence-electron chi connectivity index (χ1n) is 12.2. The lowest BCUT2D eigenvalue weighted by molar-refractivity contribution is -0.129. The Labute approximate surface area is 224 Å². The normalized spacial score (nSPS) is 17.5. The molecular formula is C27H27ClFN5O2S. The zero-order valence-corrected chi connectivity index (χ0v) is 22.0. The summed E-state index contributed by atoms with van der Waals surface area (Å²) in [5, 5.41) is 0.759. The molecule has 7 nitrogen and oxygen atoms in total. The first-order valence-corrected chi connectivity index (χ1v) is 13.6. The van der Waals surface area contributed by atoms with Crippen LogP contribution in [0.1, 0.15) is 28.4 Å². The molecule has 2 aliphatic heterocycles. The number of amides is 2. The maximum atomic E-state index is 13.2. The van der Waals surface area contributed by atoms with Crippen molar-refractivity contribution >= 4 is 41.0 Å². The molecule has 1 aromatic heterocycles. The number of fused-ring (bicyclic) bond motifs is 1. The van der Waals surface area contributed by atoms with Gasteiger partial charge in [-0.25, -0.2) is 14.4 Å². The van der Waals surface area contributed by atoms with E-state index in [0.717, 1.165) is 6.42 Å². The van der Waals surface area contributed by atoms with Crippen LogP contribution in [0.2, 0.25) is 5.15 Å². The molecule has 1 unspecified atom stereocenters. The fraction of sp³-hybridized carbons (Fsp3) is 0.333. The largest absolute Gasteiger partial charge is 0.353 e. The highest BCUT2D eigenvalue weighted by Crippen LogP contribution is 2.26. The van der Waals surface area contributed by atoms with Gasteiger partial charge in [-0.1, -0.05) is 47.6 Å². The van der Waals surface area contributed by atoms with E-state index >= 15 is 0 Å². The molecule has 1 atom stereocenters. The number of anilines is 1. The predicted octanol–water partition coefficient (Wildman–Crippen LogP) is 4.30. The molecule has 1 fully saturated rings. The minimum atomic E-state index is -0.369. The van der Waals surface area contributed by atoms with E-state index in [9.17, 15) is 14.0 Å². The number of hydrogen-bond donors (Lipinski definition) is 0. The van der Waals surface area contributed by atoms with Crippen LogP contribution in [0.3, 0.4) is 0 Å². The number of thioether (sulfide) groups is 1.